The Balaban J connectivity index is 2.32. The van der Waals surface area contributed by atoms with Gasteiger partial charge in [0.1, 0.15) is 5.70 Å². The molecule has 2 aromatic carbocycles. The fraction of sp³-hybridized carbons (Fsp3) is 0.118. The Kier molecular flexibility index (Phi) is 3.03. The maximum absolute atomic E-state index is 12.0. The Bertz CT molecular complexity index is 761. The van der Waals surface area contributed by atoms with E-state index in [0.29, 0.717) is 12.3 Å². The van der Waals surface area contributed by atoms with E-state index in [1.54, 1.807) is 6.92 Å². The molecule has 20 heavy (non-hydrogen) atoms. The van der Waals surface area contributed by atoms with Crippen LogP contribution in [0.5, 0.6) is 0 Å². The SMILES string of the molecule is C=C(C(=O)OCC)n1c2ccccc2c2ccccc21. The minimum Gasteiger partial charge on any atom is -0.461 e. The molecule has 0 spiro atoms. The number of aromatic nitrogens is 1. The molecule has 0 bridgehead atoms. The summed E-state index contributed by atoms with van der Waals surface area (Å²) in [6.07, 6.45) is 0. The predicted molar refractivity (Wildman–Crippen MR) is 81.4 cm³/mol. The second-order valence-corrected chi connectivity index (χ2v) is 4.54. The molecular weight excluding hydrogens is 250 g/mol. The van der Waals surface area contributed by atoms with Gasteiger partial charge in [-0.05, 0) is 19.1 Å². The third-order valence-electron chi connectivity index (χ3n) is 3.36. The molecule has 0 aliphatic carbocycles. The first-order valence-electron chi connectivity index (χ1n) is 6.58. The fourth-order valence-electron chi connectivity index (χ4n) is 2.52. The number of fused-ring (bicyclic) bond motifs is 3. The summed E-state index contributed by atoms with van der Waals surface area (Å²) in [6, 6.07) is 16.0. The van der Waals surface area contributed by atoms with Gasteiger partial charge >= 0.3 is 5.97 Å². The first-order chi connectivity index (χ1) is 9.74. The molecule has 100 valence electrons. The Morgan fingerprint density at radius 3 is 2.05 bits per heavy atom. The van der Waals surface area contributed by atoms with Crippen molar-refractivity contribution < 1.29 is 9.53 Å². The van der Waals surface area contributed by atoms with Gasteiger partial charge in [0.05, 0.1) is 17.6 Å². The van der Waals surface area contributed by atoms with Crippen molar-refractivity contribution in [3.8, 4) is 0 Å². The van der Waals surface area contributed by atoms with E-state index in [-0.39, 0.29) is 5.97 Å². The first kappa shape index (κ1) is 12.5. The van der Waals surface area contributed by atoms with Crippen LogP contribution in [0.4, 0.5) is 0 Å². The number of nitrogens with zero attached hydrogens (tertiary/aromatic N) is 1. The van der Waals surface area contributed by atoms with Crippen molar-refractivity contribution in [2.75, 3.05) is 6.61 Å². The van der Waals surface area contributed by atoms with Gasteiger partial charge in [-0.15, -0.1) is 0 Å². The van der Waals surface area contributed by atoms with E-state index in [2.05, 4.69) is 6.58 Å². The van der Waals surface area contributed by atoms with Crippen LogP contribution in [-0.2, 0) is 9.53 Å². The smallest absolute Gasteiger partial charge is 0.354 e. The molecule has 0 saturated heterocycles. The number of rotatable bonds is 3. The van der Waals surface area contributed by atoms with Gasteiger partial charge in [0.15, 0.2) is 0 Å². The summed E-state index contributed by atoms with van der Waals surface area (Å²) < 4.78 is 6.93. The van der Waals surface area contributed by atoms with Crippen molar-refractivity contribution in [3.63, 3.8) is 0 Å². The normalized spacial score (nSPS) is 10.8. The van der Waals surface area contributed by atoms with Crippen LogP contribution < -0.4 is 0 Å². The molecule has 0 radical (unpaired) electrons. The lowest BCUT2D eigenvalue weighted by Gasteiger charge is -2.09. The highest BCUT2D eigenvalue weighted by Gasteiger charge is 2.16. The lowest BCUT2D eigenvalue weighted by atomic mass is 10.2. The molecule has 3 heteroatoms. The zero-order chi connectivity index (χ0) is 14.1. The van der Waals surface area contributed by atoms with Gasteiger partial charge in [0, 0.05) is 10.8 Å². The molecule has 0 fully saturated rings. The molecule has 3 nitrogen and oxygen atoms in total. The van der Waals surface area contributed by atoms with Crippen LogP contribution in [0.2, 0.25) is 0 Å². The molecule has 0 saturated carbocycles. The fourth-order valence-corrected chi connectivity index (χ4v) is 2.52. The summed E-state index contributed by atoms with van der Waals surface area (Å²) in [4.78, 5) is 12.0. The predicted octanol–water partition coefficient (Wildman–Crippen LogP) is 3.83. The van der Waals surface area contributed by atoms with Crippen molar-refractivity contribution >= 4 is 33.5 Å². The zero-order valence-corrected chi connectivity index (χ0v) is 11.3. The summed E-state index contributed by atoms with van der Waals surface area (Å²) >= 11 is 0. The second kappa shape index (κ2) is 4.85. The largest absolute Gasteiger partial charge is 0.461 e. The van der Waals surface area contributed by atoms with Gasteiger partial charge in [0.25, 0.3) is 0 Å². The lowest BCUT2D eigenvalue weighted by molar-refractivity contribution is -0.136. The third-order valence-corrected chi connectivity index (χ3v) is 3.36. The molecule has 0 N–H and O–H groups in total. The highest BCUT2D eigenvalue weighted by Crippen LogP contribution is 2.31. The average molecular weight is 265 g/mol. The maximum Gasteiger partial charge on any atom is 0.354 e. The Morgan fingerprint density at radius 2 is 1.55 bits per heavy atom. The number of carbonyl (C=O) groups is 1. The van der Waals surface area contributed by atoms with Gasteiger partial charge in [0.2, 0.25) is 0 Å². The molecule has 1 heterocycles. The van der Waals surface area contributed by atoms with Crippen LogP contribution in [-0.4, -0.2) is 17.1 Å². The zero-order valence-electron chi connectivity index (χ0n) is 11.3. The Hall–Kier alpha value is -2.55. The lowest BCUT2D eigenvalue weighted by Crippen LogP contribution is -2.11. The van der Waals surface area contributed by atoms with Gasteiger partial charge in [-0.1, -0.05) is 43.0 Å². The van der Waals surface area contributed by atoms with Crippen LogP contribution in [0.25, 0.3) is 27.5 Å². The van der Waals surface area contributed by atoms with E-state index in [1.165, 1.54) is 0 Å². The molecule has 0 atom stereocenters. The standard InChI is InChI=1S/C17H15NO2/c1-3-20-17(19)12(2)18-15-10-6-4-8-13(15)14-9-5-7-11-16(14)18/h4-11H,2-3H2,1H3. The molecule has 0 aliphatic heterocycles. The quantitative estimate of drug-likeness (QED) is 0.532. The van der Waals surface area contributed by atoms with Gasteiger partial charge in [-0.3, -0.25) is 0 Å². The number of benzene rings is 2. The van der Waals surface area contributed by atoms with Crippen LogP contribution >= 0.6 is 0 Å². The molecule has 3 rings (SSSR count). The van der Waals surface area contributed by atoms with E-state index in [4.69, 9.17) is 4.74 Å². The summed E-state index contributed by atoms with van der Waals surface area (Å²) in [5, 5.41) is 2.21. The summed E-state index contributed by atoms with van der Waals surface area (Å²) in [6.45, 7) is 6.04. The van der Waals surface area contributed by atoms with Crippen molar-refractivity contribution in [1.82, 2.24) is 4.57 Å². The average Bonchev–Trinajstić information content (AvgIpc) is 2.81. The van der Waals surface area contributed by atoms with Crippen LogP contribution in [0, 0.1) is 0 Å². The van der Waals surface area contributed by atoms with Gasteiger partial charge in [-0.25, -0.2) is 4.79 Å². The van der Waals surface area contributed by atoms with Crippen molar-refractivity contribution in [3.05, 3.63) is 55.1 Å². The minimum absolute atomic E-state index is 0.337. The number of hydrogen-bond acceptors (Lipinski definition) is 2. The monoisotopic (exact) mass is 265 g/mol. The van der Waals surface area contributed by atoms with E-state index < -0.39 is 0 Å². The second-order valence-electron chi connectivity index (χ2n) is 4.54. The van der Waals surface area contributed by atoms with E-state index in [1.807, 2.05) is 53.1 Å². The molecule has 3 aromatic rings. The number of ether oxygens (including phenoxy) is 1. The topological polar surface area (TPSA) is 31.2 Å². The summed E-state index contributed by atoms with van der Waals surface area (Å²) in [5.41, 5.74) is 2.27. The van der Waals surface area contributed by atoms with Gasteiger partial charge < -0.3 is 9.30 Å². The molecule has 0 aliphatic rings. The number of carbonyl (C=O) groups excluding carboxylic acids is 1. The van der Waals surface area contributed by atoms with Crippen molar-refractivity contribution in [1.29, 1.82) is 0 Å². The van der Waals surface area contributed by atoms with Crippen LogP contribution in [0.15, 0.2) is 55.1 Å². The molecule has 0 amide bonds. The van der Waals surface area contributed by atoms with E-state index >= 15 is 0 Å². The third kappa shape index (κ3) is 1.79. The minimum atomic E-state index is -0.390. The first-order valence-corrected chi connectivity index (χ1v) is 6.58. The summed E-state index contributed by atoms with van der Waals surface area (Å²) in [7, 11) is 0. The van der Waals surface area contributed by atoms with Crippen molar-refractivity contribution in [2.45, 2.75) is 6.92 Å². The molecule has 1 aromatic heterocycles. The highest BCUT2D eigenvalue weighted by molar-refractivity contribution is 6.18. The molecular formula is C17H15NO2. The molecule has 0 unspecified atom stereocenters. The van der Waals surface area contributed by atoms with E-state index in [9.17, 15) is 4.79 Å². The highest BCUT2D eigenvalue weighted by atomic mass is 16.5. The Labute approximate surface area is 117 Å². The van der Waals surface area contributed by atoms with Crippen LogP contribution in [0.3, 0.4) is 0 Å². The van der Waals surface area contributed by atoms with E-state index in [0.717, 1.165) is 21.8 Å². The number of hydrogen-bond donors (Lipinski definition) is 0. The van der Waals surface area contributed by atoms with Crippen LogP contribution in [0.1, 0.15) is 6.92 Å². The Morgan fingerprint density at radius 1 is 1.05 bits per heavy atom. The number of para-hydroxylation sites is 2. The van der Waals surface area contributed by atoms with Crippen molar-refractivity contribution in [2.24, 2.45) is 0 Å². The number of esters is 1. The maximum atomic E-state index is 12.0. The van der Waals surface area contributed by atoms with Gasteiger partial charge in [-0.2, -0.15) is 0 Å². The summed E-state index contributed by atoms with van der Waals surface area (Å²) in [5.74, 6) is -0.390.